The Bertz CT molecular complexity index is 468. The Balaban J connectivity index is 2.20. The molecule has 0 saturated heterocycles. The SMILES string of the molecule is CCOC(=O)/C=C/c1ccc2c(c1Br)OCO2. The summed E-state index contributed by atoms with van der Waals surface area (Å²) in [5.74, 6) is 0.998. The van der Waals surface area contributed by atoms with E-state index in [4.69, 9.17) is 14.2 Å². The molecule has 1 aliphatic heterocycles. The predicted molar refractivity (Wildman–Crippen MR) is 65.9 cm³/mol. The number of carbonyl (C=O) groups excluding carboxylic acids is 1. The zero-order valence-corrected chi connectivity index (χ0v) is 10.8. The smallest absolute Gasteiger partial charge is 0.330 e. The molecule has 0 saturated carbocycles. The summed E-state index contributed by atoms with van der Waals surface area (Å²) in [6, 6.07) is 3.64. The normalized spacial score (nSPS) is 13.1. The lowest BCUT2D eigenvalue weighted by atomic mass is 10.2. The van der Waals surface area contributed by atoms with Crippen LogP contribution in [-0.4, -0.2) is 19.4 Å². The molecular weight excluding hydrogens is 288 g/mol. The third-order valence-electron chi connectivity index (χ3n) is 2.19. The zero-order valence-electron chi connectivity index (χ0n) is 9.23. The van der Waals surface area contributed by atoms with Gasteiger partial charge in [0.25, 0.3) is 0 Å². The Morgan fingerprint density at radius 2 is 2.35 bits per heavy atom. The molecule has 0 radical (unpaired) electrons. The first-order chi connectivity index (χ1) is 8.22. The van der Waals surface area contributed by atoms with Crippen LogP contribution in [0, 0.1) is 0 Å². The lowest BCUT2D eigenvalue weighted by molar-refractivity contribution is -0.137. The van der Waals surface area contributed by atoms with Crippen molar-refractivity contribution in [2.45, 2.75) is 6.92 Å². The first-order valence-electron chi connectivity index (χ1n) is 5.15. The number of halogens is 1. The van der Waals surface area contributed by atoms with E-state index in [2.05, 4.69) is 15.9 Å². The van der Waals surface area contributed by atoms with Crippen LogP contribution in [0.15, 0.2) is 22.7 Å². The van der Waals surface area contributed by atoms with E-state index in [1.54, 1.807) is 19.1 Å². The molecule has 1 aliphatic rings. The van der Waals surface area contributed by atoms with Crippen molar-refractivity contribution >= 4 is 28.0 Å². The molecule has 2 rings (SSSR count). The van der Waals surface area contributed by atoms with Crippen molar-refractivity contribution in [3.8, 4) is 11.5 Å². The number of benzene rings is 1. The maximum Gasteiger partial charge on any atom is 0.330 e. The lowest BCUT2D eigenvalue weighted by Gasteiger charge is -2.02. The van der Waals surface area contributed by atoms with Crippen LogP contribution in [0.1, 0.15) is 12.5 Å². The van der Waals surface area contributed by atoms with E-state index in [-0.39, 0.29) is 12.8 Å². The van der Waals surface area contributed by atoms with Gasteiger partial charge < -0.3 is 14.2 Å². The summed E-state index contributed by atoms with van der Waals surface area (Å²) in [6.45, 7) is 2.35. The number of hydrogen-bond acceptors (Lipinski definition) is 4. The van der Waals surface area contributed by atoms with Crippen LogP contribution in [0.25, 0.3) is 6.08 Å². The average molecular weight is 299 g/mol. The van der Waals surface area contributed by atoms with Gasteiger partial charge in [0.2, 0.25) is 6.79 Å². The fourth-order valence-corrected chi connectivity index (χ4v) is 2.00. The van der Waals surface area contributed by atoms with Crippen LogP contribution in [0.2, 0.25) is 0 Å². The number of fused-ring (bicyclic) bond motifs is 1. The van der Waals surface area contributed by atoms with E-state index in [1.807, 2.05) is 6.07 Å². The maximum atomic E-state index is 11.2. The van der Waals surface area contributed by atoms with Gasteiger partial charge in [-0.15, -0.1) is 0 Å². The van der Waals surface area contributed by atoms with Crippen LogP contribution in [-0.2, 0) is 9.53 Å². The molecular formula is C12H11BrO4. The molecule has 17 heavy (non-hydrogen) atoms. The summed E-state index contributed by atoms with van der Waals surface area (Å²) >= 11 is 3.41. The van der Waals surface area contributed by atoms with Crippen molar-refractivity contribution < 1.29 is 19.0 Å². The van der Waals surface area contributed by atoms with Gasteiger partial charge in [0.15, 0.2) is 11.5 Å². The number of esters is 1. The molecule has 90 valence electrons. The van der Waals surface area contributed by atoms with Crippen molar-refractivity contribution in [1.82, 2.24) is 0 Å². The molecule has 0 aliphatic carbocycles. The highest BCUT2D eigenvalue weighted by Gasteiger charge is 2.18. The minimum Gasteiger partial charge on any atom is -0.463 e. The Labute approximate surface area is 107 Å². The monoisotopic (exact) mass is 298 g/mol. The van der Waals surface area contributed by atoms with Crippen molar-refractivity contribution in [2.75, 3.05) is 13.4 Å². The molecule has 1 heterocycles. The van der Waals surface area contributed by atoms with Crippen LogP contribution < -0.4 is 9.47 Å². The minimum absolute atomic E-state index is 0.221. The molecule has 0 atom stereocenters. The predicted octanol–water partition coefficient (Wildman–Crippen LogP) is 2.75. The maximum absolute atomic E-state index is 11.2. The second kappa shape index (κ2) is 5.23. The average Bonchev–Trinajstić information content (AvgIpc) is 2.77. The number of hydrogen-bond donors (Lipinski definition) is 0. The molecule has 1 aromatic carbocycles. The number of carbonyl (C=O) groups is 1. The molecule has 0 spiro atoms. The van der Waals surface area contributed by atoms with Gasteiger partial charge in [-0.2, -0.15) is 0 Å². The third kappa shape index (κ3) is 2.61. The molecule has 1 aromatic rings. The summed E-state index contributed by atoms with van der Waals surface area (Å²) in [5.41, 5.74) is 0.835. The largest absolute Gasteiger partial charge is 0.463 e. The van der Waals surface area contributed by atoms with Crippen molar-refractivity contribution in [3.63, 3.8) is 0 Å². The Morgan fingerprint density at radius 3 is 3.12 bits per heavy atom. The first-order valence-corrected chi connectivity index (χ1v) is 5.94. The second-order valence-corrected chi connectivity index (χ2v) is 4.08. The van der Waals surface area contributed by atoms with Crippen LogP contribution in [0.3, 0.4) is 0 Å². The molecule has 0 N–H and O–H groups in total. The van der Waals surface area contributed by atoms with Crippen molar-refractivity contribution in [2.24, 2.45) is 0 Å². The van der Waals surface area contributed by atoms with Gasteiger partial charge >= 0.3 is 5.97 Å². The van der Waals surface area contributed by atoms with E-state index in [0.29, 0.717) is 18.1 Å². The quantitative estimate of drug-likeness (QED) is 0.636. The highest BCUT2D eigenvalue weighted by molar-refractivity contribution is 9.10. The van der Waals surface area contributed by atoms with Crippen LogP contribution >= 0.6 is 15.9 Å². The second-order valence-electron chi connectivity index (χ2n) is 3.29. The molecule has 0 unspecified atom stereocenters. The highest BCUT2D eigenvalue weighted by Crippen LogP contribution is 2.41. The van der Waals surface area contributed by atoms with Gasteiger partial charge in [0.05, 0.1) is 11.1 Å². The van der Waals surface area contributed by atoms with Gasteiger partial charge in [0.1, 0.15) is 0 Å². The van der Waals surface area contributed by atoms with Crippen LogP contribution in [0.5, 0.6) is 11.5 Å². The lowest BCUT2D eigenvalue weighted by Crippen LogP contribution is -1.98. The van der Waals surface area contributed by atoms with Gasteiger partial charge in [0, 0.05) is 6.08 Å². The van der Waals surface area contributed by atoms with Gasteiger partial charge in [-0.1, -0.05) is 0 Å². The summed E-state index contributed by atoms with van der Waals surface area (Å²) < 4.78 is 16.1. The molecule has 0 aromatic heterocycles. The van der Waals surface area contributed by atoms with Crippen molar-refractivity contribution in [3.05, 3.63) is 28.2 Å². The van der Waals surface area contributed by atoms with Crippen LogP contribution in [0.4, 0.5) is 0 Å². The van der Waals surface area contributed by atoms with E-state index in [1.165, 1.54) is 6.08 Å². The van der Waals surface area contributed by atoms with Crippen molar-refractivity contribution in [1.29, 1.82) is 0 Å². The third-order valence-corrected chi connectivity index (χ3v) is 3.01. The Morgan fingerprint density at radius 1 is 1.53 bits per heavy atom. The highest BCUT2D eigenvalue weighted by atomic mass is 79.9. The topological polar surface area (TPSA) is 44.8 Å². The van der Waals surface area contributed by atoms with Gasteiger partial charge in [-0.05, 0) is 46.6 Å². The zero-order chi connectivity index (χ0) is 12.3. The van der Waals surface area contributed by atoms with E-state index >= 15 is 0 Å². The van der Waals surface area contributed by atoms with Gasteiger partial charge in [-0.25, -0.2) is 4.79 Å². The summed E-state index contributed by atoms with van der Waals surface area (Å²) in [4.78, 5) is 11.2. The minimum atomic E-state index is -0.364. The summed E-state index contributed by atoms with van der Waals surface area (Å²) in [5, 5.41) is 0. The standard InChI is InChI=1S/C12H11BrO4/c1-2-15-10(14)6-4-8-3-5-9-12(11(8)13)17-7-16-9/h3-6H,2,7H2,1H3/b6-4+. The molecule has 0 bridgehead atoms. The van der Waals surface area contributed by atoms with E-state index in [0.717, 1.165) is 10.0 Å². The molecule has 0 fully saturated rings. The Kier molecular flexibility index (Phi) is 3.68. The number of ether oxygens (including phenoxy) is 3. The number of rotatable bonds is 3. The fourth-order valence-electron chi connectivity index (χ4n) is 1.43. The van der Waals surface area contributed by atoms with E-state index in [9.17, 15) is 4.79 Å². The summed E-state index contributed by atoms with van der Waals surface area (Å²) in [7, 11) is 0. The fraction of sp³-hybridized carbons (Fsp3) is 0.250. The molecule has 0 amide bonds. The van der Waals surface area contributed by atoms with Gasteiger partial charge in [-0.3, -0.25) is 0 Å². The first kappa shape index (κ1) is 12.0. The summed E-state index contributed by atoms with van der Waals surface area (Å²) in [6.07, 6.45) is 3.05. The van der Waals surface area contributed by atoms with E-state index < -0.39 is 0 Å². The molecule has 4 nitrogen and oxygen atoms in total. The Hall–Kier alpha value is -1.49. The molecule has 5 heteroatoms.